The van der Waals surface area contributed by atoms with Gasteiger partial charge < -0.3 is 25.7 Å². The molecule has 0 unspecified atom stereocenters. The summed E-state index contributed by atoms with van der Waals surface area (Å²) in [5.74, 6) is -0.311. The number of aromatic nitrogens is 1. The second kappa shape index (κ2) is 9.71. The number of aromatic amines is 1. The molecule has 1 aliphatic carbocycles. The van der Waals surface area contributed by atoms with Crippen LogP contribution < -0.4 is 20.7 Å². The number of carbonyl (C=O) groups is 3. The van der Waals surface area contributed by atoms with E-state index in [9.17, 15) is 19.6 Å². The fraction of sp³-hybridized carbons (Fsp3) is 0.478. The maximum atomic E-state index is 13.0. The van der Waals surface area contributed by atoms with Gasteiger partial charge in [0.1, 0.15) is 23.5 Å². The maximum absolute atomic E-state index is 13.0. The fourth-order valence-electron chi connectivity index (χ4n) is 4.14. The number of ether oxygens (including phenoxy) is 1. The number of nitrogens with one attached hydrogen (secondary N) is 4. The highest BCUT2D eigenvalue weighted by atomic mass is 35.5. The SMILES string of the molecule is COc1cc(Cl)c2[nH]c(C(=O)N[C@@H](CC3CC3)C(=O)N[C@H](C#N)C[C@@H]3CCNC3=O)cc2c1. The first-order valence-corrected chi connectivity index (χ1v) is 11.4. The van der Waals surface area contributed by atoms with Crippen molar-refractivity contribution in [2.45, 2.75) is 44.2 Å². The van der Waals surface area contributed by atoms with E-state index in [-0.39, 0.29) is 23.9 Å². The molecule has 3 atom stereocenters. The van der Waals surface area contributed by atoms with Gasteiger partial charge in [0.25, 0.3) is 5.91 Å². The summed E-state index contributed by atoms with van der Waals surface area (Å²) in [6, 6.07) is 5.55. The largest absolute Gasteiger partial charge is 0.497 e. The van der Waals surface area contributed by atoms with Crippen LogP contribution in [0.2, 0.25) is 5.02 Å². The molecule has 174 valence electrons. The van der Waals surface area contributed by atoms with Crippen LogP contribution in [0.15, 0.2) is 18.2 Å². The van der Waals surface area contributed by atoms with Gasteiger partial charge in [-0.1, -0.05) is 24.4 Å². The lowest BCUT2D eigenvalue weighted by Crippen LogP contribution is -2.50. The summed E-state index contributed by atoms with van der Waals surface area (Å²) in [4.78, 5) is 40.8. The summed E-state index contributed by atoms with van der Waals surface area (Å²) in [5, 5.41) is 18.9. The third-order valence-electron chi connectivity index (χ3n) is 6.18. The third kappa shape index (κ3) is 5.40. The standard InChI is InChI=1S/C23H26ClN5O4/c1-33-16-8-14-9-19(28-20(14)17(24)10-16)23(32)29-18(6-12-2-3-12)22(31)27-15(11-25)7-13-4-5-26-21(13)30/h8-10,12-13,15,18,28H,2-7H2,1H3,(H,26,30)(H,27,31)(H,29,32)/t13-,15-,18-/m0/s1. The molecule has 2 fully saturated rings. The van der Waals surface area contributed by atoms with E-state index in [2.05, 4.69) is 27.0 Å². The van der Waals surface area contributed by atoms with E-state index in [0.717, 1.165) is 12.8 Å². The van der Waals surface area contributed by atoms with Crippen LogP contribution in [0, 0.1) is 23.2 Å². The van der Waals surface area contributed by atoms with E-state index in [1.165, 1.54) is 7.11 Å². The number of carbonyl (C=O) groups excluding carboxylic acids is 3. The molecular weight excluding hydrogens is 446 g/mol. The highest BCUT2D eigenvalue weighted by Crippen LogP contribution is 2.34. The molecule has 4 rings (SSSR count). The Morgan fingerprint density at radius 3 is 2.67 bits per heavy atom. The third-order valence-corrected chi connectivity index (χ3v) is 6.48. The fourth-order valence-corrected chi connectivity index (χ4v) is 4.40. The summed E-state index contributed by atoms with van der Waals surface area (Å²) in [6.45, 7) is 0.580. The molecule has 0 spiro atoms. The Morgan fingerprint density at radius 2 is 2.03 bits per heavy atom. The van der Waals surface area contributed by atoms with Crippen LogP contribution in [0.1, 0.15) is 42.6 Å². The van der Waals surface area contributed by atoms with Crippen molar-refractivity contribution in [3.05, 3.63) is 28.9 Å². The molecule has 10 heteroatoms. The Hall–Kier alpha value is -3.25. The average Bonchev–Trinajstić information content (AvgIpc) is 3.36. The van der Waals surface area contributed by atoms with Crippen molar-refractivity contribution in [1.29, 1.82) is 5.26 Å². The van der Waals surface area contributed by atoms with E-state index in [1.54, 1.807) is 18.2 Å². The monoisotopic (exact) mass is 471 g/mol. The topological polar surface area (TPSA) is 136 Å². The lowest BCUT2D eigenvalue weighted by molar-refractivity contribution is -0.125. The van der Waals surface area contributed by atoms with Gasteiger partial charge in [0.2, 0.25) is 11.8 Å². The van der Waals surface area contributed by atoms with Gasteiger partial charge in [0.15, 0.2) is 0 Å². The van der Waals surface area contributed by atoms with Crippen molar-refractivity contribution in [2.75, 3.05) is 13.7 Å². The van der Waals surface area contributed by atoms with E-state index in [0.29, 0.717) is 47.0 Å². The highest BCUT2D eigenvalue weighted by molar-refractivity contribution is 6.35. The van der Waals surface area contributed by atoms with Crippen LogP contribution >= 0.6 is 11.6 Å². The first-order valence-electron chi connectivity index (χ1n) is 11.0. The number of H-pyrrole nitrogens is 1. The number of rotatable bonds is 9. The van der Waals surface area contributed by atoms with Gasteiger partial charge >= 0.3 is 0 Å². The maximum Gasteiger partial charge on any atom is 0.268 e. The smallest absolute Gasteiger partial charge is 0.268 e. The Bertz CT molecular complexity index is 1120. The van der Waals surface area contributed by atoms with Crippen LogP contribution in [-0.4, -0.2) is 48.4 Å². The number of hydrogen-bond donors (Lipinski definition) is 4. The molecule has 1 aliphatic heterocycles. The number of nitrogens with zero attached hydrogens (tertiary/aromatic N) is 1. The van der Waals surface area contributed by atoms with E-state index in [4.69, 9.17) is 16.3 Å². The molecule has 1 aromatic heterocycles. The van der Waals surface area contributed by atoms with Crippen LogP contribution in [0.5, 0.6) is 5.75 Å². The molecule has 0 radical (unpaired) electrons. The number of amides is 3. The highest BCUT2D eigenvalue weighted by Gasteiger charge is 2.33. The number of fused-ring (bicyclic) bond motifs is 1. The quantitative estimate of drug-likeness (QED) is 0.444. The second-order valence-electron chi connectivity index (χ2n) is 8.66. The van der Waals surface area contributed by atoms with Crippen molar-refractivity contribution in [2.24, 2.45) is 11.8 Å². The molecule has 2 aliphatic rings. The van der Waals surface area contributed by atoms with E-state index >= 15 is 0 Å². The molecule has 33 heavy (non-hydrogen) atoms. The molecule has 1 saturated carbocycles. The van der Waals surface area contributed by atoms with Gasteiger partial charge in [-0.25, -0.2) is 0 Å². The van der Waals surface area contributed by atoms with Gasteiger partial charge in [0, 0.05) is 23.9 Å². The minimum atomic E-state index is -0.802. The zero-order chi connectivity index (χ0) is 23.5. The van der Waals surface area contributed by atoms with Crippen LogP contribution in [0.4, 0.5) is 0 Å². The van der Waals surface area contributed by atoms with Gasteiger partial charge in [-0.2, -0.15) is 5.26 Å². The van der Waals surface area contributed by atoms with Gasteiger partial charge in [0.05, 0.1) is 23.7 Å². The lowest BCUT2D eigenvalue weighted by Gasteiger charge is -2.21. The summed E-state index contributed by atoms with van der Waals surface area (Å²) in [7, 11) is 1.53. The molecule has 3 amide bonds. The average molecular weight is 472 g/mol. The molecule has 0 bridgehead atoms. The van der Waals surface area contributed by atoms with Crippen LogP contribution in [0.25, 0.3) is 10.9 Å². The van der Waals surface area contributed by atoms with E-state index in [1.807, 2.05) is 0 Å². The molecule has 1 aromatic carbocycles. The summed E-state index contributed by atoms with van der Waals surface area (Å²) in [6.07, 6.45) is 3.40. The normalized spacial score (nSPS) is 19.4. The summed E-state index contributed by atoms with van der Waals surface area (Å²) < 4.78 is 5.22. The van der Waals surface area contributed by atoms with Crippen molar-refractivity contribution in [1.82, 2.24) is 20.9 Å². The molecule has 2 aromatic rings. The van der Waals surface area contributed by atoms with Crippen molar-refractivity contribution >= 4 is 40.2 Å². The molecule has 4 N–H and O–H groups in total. The Balaban J connectivity index is 1.45. The molecule has 1 saturated heterocycles. The van der Waals surface area contributed by atoms with Gasteiger partial charge in [-0.05, 0) is 37.3 Å². The first kappa shape index (κ1) is 22.9. The second-order valence-corrected chi connectivity index (χ2v) is 9.07. The number of benzene rings is 1. The lowest BCUT2D eigenvalue weighted by atomic mass is 9.98. The predicted molar refractivity (Wildman–Crippen MR) is 122 cm³/mol. The number of halogens is 1. The number of hydrogen-bond acceptors (Lipinski definition) is 5. The zero-order valence-corrected chi connectivity index (χ0v) is 19.0. The van der Waals surface area contributed by atoms with E-state index < -0.39 is 23.9 Å². The van der Waals surface area contributed by atoms with Gasteiger partial charge in [-0.3, -0.25) is 14.4 Å². The molecule has 9 nitrogen and oxygen atoms in total. The summed E-state index contributed by atoms with van der Waals surface area (Å²) >= 11 is 6.28. The van der Waals surface area contributed by atoms with Crippen LogP contribution in [0.3, 0.4) is 0 Å². The minimum Gasteiger partial charge on any atom is -0.497 e. The summed E-state index contributed by atoms with van der Waals surface area (Å²) in [5.41, 5.74) is 0.874. The first-order chi connectivity index (χ1) is 15.9. The predicted octanol–water partition coefficient (Wildman–Crippen LogP) is 2.26. The minimum absolute atomic E-state index is 0.0959. The zero-order valence-electron chi connectivity index (χ0n) is 18.2. The molecule has 2 heterocycles. The van der Waals surface area contributed by atoms with Crippen molar-refractivity contribution in [3.8, 4) is 11.8 Å². The number of nitriles is 1. The molecular formula is C23H26ClN5O4. The van der Waals surface area contributed by atoms with Crippen molar-refractivity contribution in [3.63, 3.8) is 0 Å². The Morgan fingerprint density at radius 1 is 1.24 bits per heavy atom. The van der Waals surface area contributed by atoms with Crippen molar-refractivity contribution < 1.29 is 19.1 Å². The van der Waals surface area contributed by atoms with Gasteiger partial charge in [-0.15, -0.1) is 0 Å². The Kier molecular flexibility index (Phi) is 6.75. The number of methoxy groups -OCH3 is 1. The Labute approximate surface area is 196 Å². The van der Waals surface area contributed by atoms with Crippen LogP contribution in [-0.2, 0) is 9.59 Å².